The number of hydrogen-bond donors (Lipinski definition) is 2. The van der Waals surface area contributed by atoms with E-state index in [1.54, 1.807) is 0 Å². The lowest BCUT2D eigenvalue weighted by Gasteiger charge is -2.38. The summed E-state index contributed by atoms with van der Waals surface area (Å²) in [4.78, 5) is 14.5. The third-order valence-electron chi connectivity index (χ3n) is 4.24. The Hall–Kier alpha value is -1.55. The van der Waals surface area contributed by atoms with Crippen molar-refractivity contribution in [2.45, 2.75) is 52.1 Å². The zero-order valence-electron chi connectivity index (χ0n) is 12.6. The van der Waals surface area contributed by atoms with Gasteiger partial charge in [-0.25, -0.2) is 0 Å². The zero-order chi connectivity index (χ0) is 14.7. The fourth-order valence-corrected chi connectivity index (χ4v) is 2.92. The lowest BCUT2D eigenvalue weighted by Crippen LogP contribution is -2.47. The summed E-state index contributed by atoms with van der Waals surface area (Å²) in [5, 5.41) is 2.98. The van der Waals surface area contributed by atoms with Crippen LogP contribution in [0, 0.1) is 6.92 Å². The second kappa shape index (κ2) is 6.27. The molecule has 2 rings (SSSR count). The van der Waals surface area contributed by atoms with E-state index in [2.05, 4.69) is 24.1 Å². The number of benzene rings is 1. The number of nitrogen functional groups attached to an aromatic ring is 1. The average Bonchev–Trinajstić information content (AvgIpc) is 2.38. The fraction of sp³-hybridized carbons (Fsp3) is 0.562. The van der Waals surface area contributed by atoms with E-state index >= 15 is 0 Å². The molecular formula is C16H25N3O. The lowest BCUT2D eigenvalue weighted by atomic mass is 9.97. The maximum Gasteiger partial charge on any atom is 0.238 e. The summed E-state index contributed by atoms with van der Waals surface area (Å²) in [6.45, 7) is 6.83. The van der Waals surface area contributed by atoms with Crippen LogP contribution >= 0.6 is 0 Å². The second-order valence-corrected chi connectivity index (χ2v) is 5.92. The molecule has 1 aromatic rings. The summed E-state index contributed by atoms with van der Waals surface area (Å²) < 4.78 is 0. The first kappa shape index (κ1) is 14.9. The summed E-state index contributed by atoms with van der Waals surface area (Å²) in [6, 6.07) is 6.55. The van der Waals surface area contributed by atoms with Crippen molar-refractivity contribution in [1.29, 1.82) is 0 Å². The van der Waals surface area contributed by atoms with E-state index in [-0.39, 0.29) is 5.91 Å². The van der Waals surface area contributed by atoms with Gasteiger partial charge in [0.1, 0.15) is 0 Å². The van der Waals surface area contributed by atoms with Crippen molar-refractivity contribution in [3.05, 3.63) is 23.8 Å². The van der Waals surface area contributed by atoms with Crippen LogP contribution in [0.5, 0.6) is 0 Å². The van der Waals surface area contributed by atoms with Gasteiger partial charge in [-0.1, -0.05) is 12.5 Å². The van der Waals surface area contributed by atoms with Gasteiger partial charge >= 0.3 is 0 Å². The van der Waals surface area contributed by atoms with Crippen molar-refractivity contribution >= 4 is 17.3 Å². The van der Waals surface area contributed by atoms with E-state index in [0.29, 0.717) is 24.3 Å². The Labute approximate surface area is 121 Å². The number of anilines is 2. The summed E-state index contributed by atoms with van der Waals surface area (Å²) >= 11 is 0. The van der Waals surface area contributed by atoms with Gasteiger partial charge in [0.05, 0.1) is 6.54 Å². The molecule has 1 amide bonds. The quantitative estimate of drug-likeness (QED) is 0.834. The molecule has 1 heterocycles. The molecule has 1 saturated heterocycles. The standard InChI is InChI=1S/C16H25N3O/c1-11-7-8-14(17)9-15(11)18-16(20)10-19-12(2)5-4-6-13(19)3/h7-9,12-13H,4-6,10,17H2,1-3H3,(H,18,20)/t12-,13+. The third kappa shape index (κ3) is 3.51. The molecular weight excluding hydrogens is 250 g/mol. The average molecular weight is 275 g/mol. The minimum absolute atomic E-state index is 0.0410. The highest BCUT2D eigenvalue weighted by Crippen LogP contribution is 2.23. The van der Waals surface area contributed by atoms with Gasteiger partial charge in [-0.15, -0.1) is 0 Å². The van der Waals surface area contributed by atoms with Crippen LogP contribution in [0.2, 0.25) is 0 Å². The van der Waals surface area contributed by atoms with Crippen molar-refractivity contribution in [1.82, 2.24) is 4.90 Å². The van der Waals surface area contributed by atoms with E-state index in [9.17, 15) is 4.79 Å². The molecule has 0 unspecified atom stereocenters. The summed E-state index contributed by atoms with van der Waals surface area (Å²) in [5.41, 5.74) is 8.29. The van der Waals surface area contributed by atoms with E-state index in [1.165, 1.54) is 19.3 Å². The monoisotopic (exact) mass is 275 g/mol. The number of amides is 1. The van der Waals surface area contributed by atoms with E-state index in [1.807, 2.05) is 25.1 Å². The van der Waals surface area contributed by atoms with Gasteiger partial charge < -0.3 is 11.1 Å². The Bertz CT molecular complexity index is 477. The number of rotatable bonds is 3. The summed E-state index contributed by atoms with van der Waals surface area (Å²) in [5.74, 6) is 0.0410. The zero-order valence-corrected chi connectivity index (χ0v) is 12.6. The highest BCUT2D eigenvalue weighted by Gasteiger charge is 2.26. The van der Waals surface area contributed by atoms with Crippen molar-refractivity contribution in [3.63, 3.8) is 0 Å². The number of hydrogen-bond acceptors (Lipinski definition) is 3. The lowest BCUT2D eigenvalue weighted by molar-refractivity contribution is -0.118. The molecule has 4 heteroatoms. The van der Waals surface area contributed by atoms with E-state index < -0.39 is 0 Å². The molecule has 0 saturated carbocycles. The number of nitrogens with one attached hydrogen (secondary N) is 1. The Balaban J connectivity index is 1.99. The molecule has 1 aromatic carbocycles. The van der Waals surface area contributed by atoms with Crippen LogP contribution in [0.4, 0.5) is 11.4 Å². The van der Waals surface area contributed by atoms with Crippen LogP contribution in [0.15, 0.2) is 18.2 Å². The molecule has 0 bridgehead atoms. The molecule has 4 nitrogen and oxygen atoms in total. The van der Waals surface area contributed by atoms with Gasteiger partial charge in [0.15, 0.2) is 0 Å². The second-order valence-electron chi connectivity index (χ2n) is 5.92. The molecule has 0 radical (unpaired) electrons. The van der Waals surface area contributed by atoms with E-state index in [0.717, 1.165) is 11.3 Å². The van der Waals surface area contributed by atoms with Gasteiger partial charge in [-0.05, 0) is 51.3 Å². The smallest absolute Gasteiger partial charge is 0.238 e. The van der Waals surface area contributed by atoms with Crippen LogP contribution in [-0.4, -0.2) is 29.4 Å². The Morgan fingerprint density at radius 2 is 2.00 bits per heavy atom. The largest absolute Gasteiger partial charge is 0.399 e. The predicted molar refractivity (Wildman–Crippen MR) is 83.7 cm³/mol. The fourth-order valence-electron chi connectivity index (χ4n) is 2.92. The molecule has 1 aliphatic rings. The van der Waals surface area contributed by atoms with E-state index in [4.69, 9.17) is 5.73 Å². The third-order valence-corrected chi connectivity index (χ3v) is 4.24. The highest BCUT2D eigenvalue weighted by molar-refractivity contribution is 5.93. The molecule has 1 aliphatic heterocycles. The van der Waals surface area contributed by atoms with Crippen LogP contribution in [0.1, 0.15) is 38.7 Å². The molecule has 20 heavy (non-hydrogen) atoms. The van der Waals surface area contributed by atoms with Gasteiger partial charge in [0, 0.05) is 23.5 Å². The first-order chi connectivity index (χ1) is 9.47. The summed E-state index contributed by atoms with van der Waals surface area (Å²) in [6.07, 6.45) is 3.61. The normalized spacial score (nSPS) is 23.6. The number of nitrogens with zero attached hydrogens (tertiary/aromatic N) is 1. The predicted octanol–water partition coefficient (Wildman–Crippen LogP) is 2.78. The number of piperidine rings is 1. The molecule has 0 spiro atoms. The Morgan fingerprint density at radius 1 is 1.35 bits per heavy atom. The molecule has 1 fully saturated rings. The Kier molecular flexibility index (Phi) is 4.65. The van der Waals surface area contributed by atoms with Crippen LogP contribution in [0.25, 0.3) is 0 Å². The van der Waals surface area contributed by atoms with Crippen molar-refractivity contribution < 1.29 is 4.79 Å². The molecule has 0 aliphatic carbocycles. The van der Waals surface area contributed by atoms with Gasteiger partial charge in [0.2, 0.25) is 5.91 Å². The molecule has 0 aromatic heterocycles. The van der Waals surface area contributed by atoms with Gasteiger partial charge in [-0.2, -0.15) is 0 Å². The molecule has 2 atom stereocenters. The van der Waals surface area contributed by atoms with Crippen molar-refractivity contribution in [3.8, 4) is 0 Å². The number of carbonyl (C=O) groups is 1. The number of nitrogens with two attached hydrogens (primary N) is 1. The minimum Gasteiger partial charge on any atom is -0.399 e. The highest BCUT2D eigenvalue weighted by atomic mass is 16.2. The molecule has 3 N–H and O–H groups in total. The number of likely N-dealkylation sites (tertiary alicyclic amines) is 1. The Morgan fingerprint density at radius 3 is 2.65 bits per heavy atom. The maximum atomic E-state index is 12.2. The minimum atomic E-state index is 0.0410. The van der Waals surface area contributed by atoms with Crippen molar-refractivity contribution in [2.75, 3.05) is 17.6 Å². The number of carbonyl (C=O) groups excluding carboxylic acids is 1. The van der Waals surface area contributed by atoms with Crippen LogP contribution in [-0.2, 0) is 4.79 Å². The first-order valence-corrected chi connectivity index (χ1v) is 7.39. The molecule has 110 valence electrons. The van der Waals surface area contributed by atoms with Crippen molar-refractivity contribution in [2.24, 2.45) is 0 Å². The van der Waals surface area contributed by atoms with Gasteiger partial charge in [0.25, 0.3) is 0 Å². The van der Waals surface area contributed by atoms with Gasteiger partial charge in [-0.3, -0.25) is 9.69 Å². The summed E-state index contributed by atoms with van der Waals surface area (Å²) in [7, 11) is 0. The maximum absolute atomic E-state index is 12.2. The SMILES string of the molecule is Cc1ccc(N)cc1NC(=O)CN1[C@H](C)CCC[C@@H]1C. The number of aryl methyl sites for hydroxylation is 1. The topological polar surface area (TPSA) is 58.4 Å². The van der Waals surface area contributed by atoms with Crippen LogP contribution in [0.3, 0.4) is 0 Å². The first-order valence-electron chi connectivity index (χ1n) is 7.39. The van der Waals surface area contributed by atoms with Crippen LogP contribution < -0.4 is 11.1 Å².